The van der Waals surface area contributed by atoms with Crippen LogP contribution in [0.1, 0.15) is 31.7 Å². The third-order valence-electron chi connectivity index (χ3n) is 3.21. The molecule has 0 unspecified atom stereocenters. The van der Waals surface area contributed by atoms with Crippen LogP contribution in [-0.4, -0.2) is 6.08 Å². The van der Waals surface area contributed by atoms with Gasteiger partial charge in [0.1, 0.15) is 0 Å². The van der Waals surface area contributed by atoms with Crippen LogP contribution in [-0.2, 0) is 11.2 Å². The van der Waals surface area contributed by atoms with Crippen molar-refractivity contribution in [2.45, 2.75) is 32.6 Å². The van der Waals surface area contributed by atoms with Gasteiger partial charge in [-0.3, -0.25) is 0 Å². The standard InChI is InChI=1S/C16H17NO/c1-2-3-4-7-13-10-11-16(17-12-18)15-9-6-5-8-14(13)15/h5-6,8-11H,2-4,7H2,1H3. The summed E-state index contributed by atoms with van der Waals surface area (Å²) in [6, 6.07) is 12.1. The number of isocyanates is 1. The fourth-order valence-corrected chi connectivity index (χ4v) is 2.28. The summed E-state index contributed by atoms with van der Waals surface area (Å²) >= 11 is 0. The Morgan fingerprint density at radius 2 is 1.83 bits per heavy atom. The molecule has 0 atom stereocenters. The molecule has 0 aromatic heterocycles. The number of hydrogen-bond acceptors (Lipinski definition) is 2. The fourth-order valence-electron chi connectivity index (χ4n) is 2.28. The van der Waals surface area contributed by atoms with Crippen LogP contribution >= 0.6 is 0 Å². The summed E-state index contributed by atoms with van der Waals surface area (Å²) < 4.78 is 0. The second-order valence-corrected chi connectivity index (χ2v) is 4.45. The van der Waals surface area contributed by atoms with E-state index in [-0.39, 0.29) is 0 Å². The zero-order valence-electron chi connectivity index (χ0n) is 10.6. The van der Waals surface area contributed by atoms with E-state index < -0.39 is 0 Å². The molecule has 0 amide bonds. The summed E-state index contributed by atoms with van der Waals surface area (Å²) in [5, 5.41) is 2.24. The Morgan fingerprint density at radius 3 is 2.56 bits per heavy atom. The van der Waals surface area contributed by atoms with Gasteiger partial charge in [0.25, 0.3) is 0 Å². The van der Waals surface area contributed by atoms with E-state index in [1.165, 1.54) is 30.2 Å². The summed E-state index contributed by atoms with van der Waals surface area (Å²) in [7, 11) is 0. The number of carbonyl (C=O) groups excluding carboxylic acids is 1. The number of fused-ring (bicyclic) bond motifs is 1. The summed E-state index contributed by atoms with van der Waals surface area (Å²) in [5.41, 5.74) is 2.05. The Labute approximate surface area is 107 Å². The highest BCUT2D eigenvalue weighted by atomic mass is 16.1. The van der Waals surface area contributed by atoms with Crippen LogP contribution in [0, 0.1) is 0 Å². The van der Waals surface area contributed by atoms with Crippen LogP contribution in [0.5, 0.6) is 0 Å². The fraction of sp³-hybridized carbons (Fsp3) is 0.312. The summed E-state index contributed by atoms with van der Waals surface area (Å²) in [5.74, 6) is 0. The van der Waals surface area contributed by atoms with E-state index in [0.717, 1.165) is 11.8 Å². The van der Waals surface area contributed by atoms with Crippen LogP contribution in [0.15, 0.2) is 41.4 Å². The minimum Gasteiger partial charge on any atom is -0.211 e. The number of aryl methyl sites for hydroxylation is 1. The van der Waals surface area contributed by atoms with Gasteiger partial charge in [-0.15, -0.1) is 0 Å². The van der Waals surface area contributed by atoms with E-state index in [4.69, 9.17) is 0 Å². The van der Waals surface area contributed by atoms with Crippen molar-refractivity contribution in [3.8, 4) is 0 Å². The molecule has 0 aliphatic heterocycles. The largest absolute Gasteiger partial charge is 0.240 e. The number of nitrogens with zero attached hydrogens (tertiary/aromatic N) is 1. The highest BCUT2D eigenvalue weighted by molar-refractivity contribution is 5.95. The quantitative estimate of drug-likeness (QED) is 0.428. The molecule has 0 saturated heterocycles. The smallest absolute Gasteiger partial charge is 0.211 e. The predicted molar refractivity (Wildman–Crippen MR) is 75.0 cm³/mol. The van der Waals surface area contributed by atoms with Gasteiger partial charge < -0.3 is 0 Å². The molecule has 92 valence electrons. The van der Waals surface area contributed by atoms with E-state index in [1.54, 1.807) is 6.08 Å². The molecule has 2 nitrogen and oxygen atoms in total. The van der Waals surface area contributed by atoms with Crippen molar-refractivity contribution in [1.82, 2.24) is 0 Å². The average molecular weight is 239 g/mol. The van der Waals surface area contributed by atoms with Crippen molar-refractivity contribution < 1.29 is 4.79 Å². The number of aliphatic imine (C=N–C) groups is 1. The number of rotatable bonds is 5. The Morgan fingerprint density at radius 1 is 1.06 bits per heavy atom. The monoisotopic (exact) mass is 239 g/mol. The molecule has 0 saturated carbocycles. The Balaban J connectivity index is 2.43. The molecule has 0 aliphatic carbocycles. The number of unbranched alkanes of at least 4 members (excludes halogenated alkanes) is 2. The second-order valence-electron chi connectivity index (χ2n) is 4.45. The zero-order valence-corrected chi connectivity index (χ0v) is 10.6. The maximum Gasteiger partial charge on any atom is 0.240 e. The highest BCUT2D eigenvalue weighted by Gasteiger charge is 2.04. The summed E-state index contributed by atoms with van der Waals surface area (Å²) in [4.78, 5) is 14.2. The molecule has 0 heterocycles. The van der Waals surface area contributed by atoms with E-state index in [2.05, 4.69) is 24.0 Å². The number of hydrogen-bond donors (Lipinski definition) is 0. The van der Waals surface area contributed by atoms with Crippen LogP contribution < -0.4 is 0 Å². The van der Waals surface area contributed by atoms with Crippen LogP contribution in [0.2, 0.25) is 0 Å². The minimum atomic E-state index is 0.708. The van der Waals surface area contributed by atoms with Gasteiger partial charge in [0.15, 0.2) is 0 Å². The summed E-state index contributed by atoms with van der Waals surface area (Å²) in [6.45, 7) is 2.21. The van der Waals surface area contributed by atoms with Crippen molar-refractivity contribution in [2.24, 2.45) is 4.99 Å². The van der Waals surface area contributed by atoms with Gasteiger partial charge in [-0.1, -0.05) is 50.1 Å². The molecule has 2 aromatic rings. The van der Waals surface area contributed by atoms with E-state index >= 15 is 0 Å². The lowest BCUT2D eigenvalue weighted by Crippen LogP contribution is -1.88. The molecule has 0 spiro atoms. The van der Waals surface area contributed by atoms with E-state index in [0.29, 0.717) is 5.69 Å². The van der Waals surface area contributed by atoms with Gasteiger partial charge in [-0.05, 0) is 29.9 Å². The molecular weight excluding hydrogens is 222 g/mol. The van der Waals surface area contributed by atoms with Gasteiger partial charge in [0.2, 0.25) is 6.08 Å². The highest BCUT2D eigenvalue weighted by Crippen LogP contribution is 2.29. The van der Waals surface area contributed by atoms with Crippen LogP contribution in [0.3, 0.4) is 0 Å². The van der Waals surface area contributed by atoms with Gasteiger partial charge in [0.05, 0.1) is 5.69 Å². The molecule has 2 aromatic carbocycles. The third-order valence-corrected chi connectivity index (χ3v) is 3.21. The van der Waals surface area contributed by atoms with Crippen molar-refractivity contribution in [1.29, 1.82) is 0 Å². The number of benzene rings is 2. The SMILES string of the molecule is CCCCCc1ccc(N=C=O)c2ccccc12. The maximum atomic E-state index is 10.4. The molecule has 2 heteroatoms. The Bertz CT molecular complexity index is 583. The molecule has 0 fully saturated rings. The second kappa shape index (κ2) is 6.13. The van der Waals surface area contributed by atoms with Crippen molar-refractivity contribution in [2.75, 3.05) is 0 Å². The first kappa shape index (κ1) is 12.5. The lowest BCUT2D eigenvalue weighted by molar-refractivity contribution is 0.565. The van der Waals surface area contributed by atoms with Gasteiger partial charge in [0, 0.05) is 5.39 Å². The first-order valence-electron chi connectivity index (χ1n) is 6.45. The van der Waals surface area contributed by atoms with Crippen molar-refractivity contribution >= 4 is 22.5 Å². The molecule has 2 rings (SSSR count). The van der Waals surface area contributed by atoms with Crippen LogP contribution in [0.25, 0.3) is 10.8 Å². The molecule has 0 aliphatic rings. The predicted octanol–water partition coefficient (Wildman–Crippen LogP) is 4.54. The molecule has 18 heavy (non-hydrogen) atoms. The maximum absolute atomic E-state index is 10.4. The first-order valence-corrected chi connectivity index (χ1v) is 6.45. The Kier molecular flexibility index (Phi) is 4.27. The van der Waals surface area contributed by atoms with Crippen molar-refractivity contribution in [3.05, 3.63) is 42.0 Å². The normalized spacial score (nSPS) is 10.3. The van der Waals surface area contributed by atoms with E-state index in [9.17, 15) is 4.79 Å². The van der Waals surface area contributed by atoms with E-state index in [1.807, 2.05) is 24.3 Å². The lowest BCUT2D eigenvalue weighted by Gasteiger charge is -2.08. The lowest BCUT2D eigenvalue weighted by atomic mass is 9.98. The molecule has 0 radical (unpaired) electrons. The molecule has 0 bridgehead atoms. The third kappa shape index (κ3) is 2.66. The minimum absolute atomic E-state index is 0.708. The summed E-state index contributed by atoms with van der Waals surface area (Å²) in [6.07, 6.45) is 6.39. The van der Waals surface area contributed by atoms with Gasteiger partial charge >= 0.3 is 0 Å². The molecule has 0 N–H and O–H groups in total. The average Bonchev–Trinajstić information content (AvgIpc) is 2.41. The zero-order chi connectivity index (χ0) is 12.8. The Hall–Kier alpha value is -1.92. The van der Waals surface area contributed by atoms with Gasteiger partial charge in [-0.2, -0.15) is 4.99 Å². The first-order chi connectivity index (χ1) is 8.86. The molecular formula is C16H17NO. The van der Waals surface area contributed by atoms with Gasteiger partial charge in [-0.25, -0.2) is 4.79 Å². The van der Waals surface area contributed by atoms with Crippen LogP contribution in [0.4, 0.5) is 5.69 Å². The topological polar surface area (TPSA) is 29.4 Å². The van der Waals surface area contributed by atoms with Crippen molar-refractivity contribution in [3.63, 3.8) is 0 Å².